The van der Waals surface area contributed by atoms with Crippen molar-refractivity contribution >= 4 is 22.6 Å². The molecule has 5 heteroatoms. The molecule has 2 unspecified atom stereocenters. The zero-order chi connectivity index (χ0) is 19.5. The Morgan fingerprint density at radius 3 is 2.89 bits per heavy atom. The van der Waals surface area contributed by atoms with Gasteiger partial charge < -0.3 is 14.8 Å². The van der Waals surface area contributed by atoms with Gasteiger partial charge in [0, 0.05) is 56.1 Å². The third-order valence-electron chi connectivity index (χ3n) is 6.06. The molecule has 5 nitrogen and oxygen atoms in total. The van der Waals surface area contributed by atoms with Crippen LogP contribution in [0.4, 0.5) is 5.69 Å². The van der Waals surface area contributed by atoms with Crippen LogP contribution in [0.5, 0.6) is 0 Å². The van der Waals surface area contributed by atoms with Crippen molar-refractivity contribution < 1.29 is 4.79 Å². The van der Waals surface area contributed by atoms with E-state index in [1.807, 2.05) is 30.6 Å². The second-order valence-corrected chi connectivity index (χ2v) is 7.84. The molecule has 3 heterocycles. The Balaban J connectivity index is 1.45. The number of nitrogens with zero attached hydrogens (tertiary/aromatic N) is 3. The molecule has 0 bridgehead atoms. The van der Waals surface area contributed by atoms with E-state index in [0.717, 1.165) is 37.0 Å². The highest BCUT2D eigenvalue weighted by molar-refractivity contribution is 5.89. The van der Waals surface area contributed by atoms with Crippen LogP contribution in [0.25, 0.3) is 11.0 Å². The van der Waals surface area contributed by atoms with Gasteiger partial charge >= 0.3 is 0 Å². The van der Waals surface area contributed by atoms with Crippen LogP contribution in [-0.4, -0.2) is 47.0 Å². The summed E-state index contributed by atoms with van der Waals surface area (Å²) in [5.41, 5.74) is 3.30. The molecule has 3 aromatic rings. The van der Waals surface area contributed by atoms with Crippen LogP contribution < -0.4 is 4.90 Å². The van der Waals surface area contributed by atoms with Gasteiger partial charge in [0.1, 0.15) is 5.65 Å². The SMILES string of the molecule is CC1CCN(C(=O)CCc2ccccc2)CC1N(C)c1ccnc2[nH]ccc12. The summed E-state index contributed by atoms with van der Waals surface area (Å²) in [7, 11) is 2.14. The van der Waals surface area contributed by atoms with Gasteiger partial charge in [0.25, 0.3) is 0 Å². The first-order valence-electron chi connectivity index (χ1n) is 10.1. The van der Waals surface area contributed by atoms with E-state index in [1.54, 1.807) is 0 Å². The minimum absolute atomic E-state index is 0.260. The number of aryl methyl sites for hydroxylation is 1. The number of pyridine rings is 1. The number of carbonyl (C=O) groups excluding carboxylic acids is 1. The van der Waals surface area contributed by atoms with Crippen LogP contribution >= 0.6 is 0 Å². The number of hydrogen-bond donors (Lipinski definition) is 1. The first-order valence-corrected chi connectivity index (χ1v) is 10.1. The Morgan fingerprint density at radius 1 is 1.25 bits per heavy atom. The second kappa shape index (κ2) is 8.05. The Labute approximate surface area is 166 Å². The van der Waals surface area contributed by atoms with E-state index >= 15 is 0 Å². The van der Waals surface area contributed by atoms with Gasteiger partial charge in [-0.25, -0.2) is 4.98 Å². The minimum atomic E-state index is 0.260. The van der Waals surface area contributed by atoms with Crippen LogP contribution in [-0.2, 0) is 11.2 Å². The fourth-order valence-electron chi connectivity index (χ4n) is 4.27. The first kappa shape index (κ1) is 18.5. The maximum atomic E-state index is 12.8. The highest BCUT2D eigenvalue weighted by Gasteiger charge is 2.32. The lowest BCUT2D eigenvalue weighted by atomic mass is 9.91. The molecule has 2 atom stereocenters. The normalized spacial score (nSPS) is 19.7. The molecule has 1 fully saturated rings. The number of aromatic amines is 1. The molecular formula is C23H28N4O. The van der Waals surface area contributed by atoms with Gasteiger partial charge in [0.15, 0.2) is 0 Å². The molecule has 1 saturated heterocycles. The number of amides is 1. The summed E-state index contributed by atoms with van der Waals surface area (Å²) < 4.78 is 0. The van der Waals surface area contributed by atoms with Crippen molar-refractivity contribution in [2.75, 3.05) is 25.0 Å². The molecule has 4 rings (SSSR count). The first-order chi connectivity index (χ1) is 13.6. The summed E-state index contributed by atoms with van der Waals surface area (Å²) in [5, 5.41) is 1.13. The number of likely N-dealkylation sites (N-methyl/N-ethyl adjacent to an activating group) is 1. The zero-order valence-electron chi connectivity index (χ0n) is 16.6. The third-order valence-corrected chi connectivity index (χ3v) is 6.06. The number of benzene rings is 1. The number of rotatable bonds is 5. The molecule has 0 aliphatic carbocycles. The van der Waals surface area contributed by atoms with E-state index in [2.05, 4.69) is 58.0 Å². The molecule has 1 aliphatic rings. The fraction of sp³-hybridized carbons (Fsp3) is 0.391. The van der Waals surface area contributed by atoms with Crippen LogP contribution in [0.3, 0.4) is 0 Å². The molecule has 0 spiro atoms. The zero-order valence-corrected chi connectivity index (χ0v) is 16.6. The summed E-state index contributed by atoms with van der Waals surface area (Å²) >= 11 is 0. The molecule has 1 N–H and O–H groups in total. The number of anilines is 1. The molecular weight excluding hydrogens is 348 g/mol. The van der Waals surface area contributed by atoms with Crippen molar-refractivity contribution in [2.45, 2.75) is 32.2 Å². The van der Waals surface area contributed by atoms with Crippen molar-refractivity contribution in [2.24, 2.45) is 5.92 Å². The minimum Gasteiger partial charge on any atom is -0.369 e. The summed E-state index contributed by atoms with van der Waals surface area (Å²) in [6.07, 6.45) is 6.19. The quantitative estimate of drug-likeness (QED) is 0.735. The lowest BCUT2D eigenvalue weighted by Crippen LogP contribution is -2.52. The maximum Gasteiger partial charge on any atom is 0.222 e. The number of nitrogens with one attached hydrogen (secondary N) is 1. The molecule has 2 aromatic heterocycles. The average Bonchev–Trinajstić information content (AvgIpc) is 3.21. The Kier molecular flexibility index (Phi) is 5.33. The van der Waals surface area contributed by atoms with E-state index in [9.17, 15) is 4.79 Å². The van der Waals surface area contributed by atoms with Crippen molar-refractivity contribution in [3.8, 4) is 0 Å². The monoisotopic (exact) mass is 376 g/mol. The summed E-state index contributed by atoms with van der Waals surface area (Å²) in [4.78, 5) is 24.8. The highest BCUT2D eigenvalue weighted by atomic mass is 16.2. The Hall–Kier alpha value is -2.82. The standard InChI is InChI=1S/C23H28N4O/c1-17-12-15-27(22(28)9-8-18-6-4-3-5-7-18)16-21(17)26(2)20-11-14-25-23-19(20)10-13-24-23/h3-7,10-11,13-14,17,21H,8-9,12,15-16H2,1-2H3,(H,24,25). The van der Waals surface area contributed by atoms with Gasteiger partial charge in [-0.15, -0.1) is 0 Å². The van der Waals surface area contributed by atoms with Crippen molar-refractivity contribution in [3.05, 3.63) is 60.4 Å². The van der Waals surface area contributed by atoms with E-state index in [-0.39, 0.29) is 5.91 Å². The van der Waals surface area contributed by atoms with Crippen molar-refractivity contribution in [1.82, 2.24) is 14.9 Å². The van der Waals surface area contributed by atoms with Crippen LogP contribution in [0.2, 0.25) is 0 Å². The number of fused-ring (bicyclic) bond motifs is 1. The summed E-state index contributed by atoms with van der Waals surface area (Å²) in [6, 6.07) is 14.7. The highest BCUT2D eigenvalue weighted by Crippen LogP contribution is 2.30. The Morgan fingerprint density at radius 2 is 2.07 bits per heavy atom. The largest absolute Gasteiger partial charge is 0.369 e. The van der Waals surface area contributed by atoms with E-state index in [4.69, 9.17) is 0 Å². The fourth-order valence-corrected chi connectivity index (χ4v) is 4.27. The molecule has 0 radical (unpaired) electrons. The van der Waals surface area contributed by atoms with Gasteiger partial charge in [0.2, 0.25) is 5.91 Å². The number of aromatic nitrogens is 2. The predicted molar refractivity (Wildman–Crippen MR) is 113 cm³/mol. The number of hydrogen-bond acceptors (Lipinski definition) is 3. The van der Waals surface area contributed by atoms with Crippen LogP contribution in [0.1, 0.15) is 25.3 Å². The summed E-state index contributed by atoms with van der Waals surface area (Å²) in [6.45, 7) is 3.93. The Bertz CT molecular complexity index is 936. The lowest BCUT2D eigenvalue weighted by molar-refractivity contribution is -0.132. The third kappa shape index (κ3) is 3.75. The summed E-state index contributed by atoms with van der Waals surface area (Å²) in [5.74, 6) is 0.793. The van der Waals surface area contributed by atoms with Gasteiger partial charge in [-0.05, 0) is 36.5 Å². The molecule has 1 amide bonds. The molecule has 0 saturated carbocycles. The van der Waals surface area contributed by atoms with Gasteiger partial charge in [0.05, 0.1) is 0 Å². The van der Waals surface area contributed by atoms with Crippen molar-refractivity contribution in [3.63, 3.8) is 0 Å². The van der Waals surface area contributed by atoms with Crippen LogP contribution in [0.15, 0.2) is 54.9 Å². The molecule has 146 valence electrons. The van der Waals surface area contributed by atoms with Gasteiger partial charge in [-0.2, -0.15) is 0 Å². The maximum absolute atomic E-state index is 12.8. The number of carbonyl (C=O) groups is 1. The number of likely N-dealkylation sites (tertiary alicyclic amines) is 1. The second-order valence-electron chi connectivity index (χ2n) is 7.84. The van der Waals surface area contributed by atoms with E-state index in [1.165, 1.54) is 11.3 Å². The molecule has 1 aromatic carbocycles. The molecule has 1 aliphatic heterocycles. The number of piperidine rings is 1. The van der Waals surface area contributed by atoms with Crippen LogP contribution in [0, 0.1) is 5.92 Å². The topological polar surface area (TPSA) is 52.2 Å². The van der Waals surface area contributed by atoms with Gasteiger partial charge in [-0.1, -0.05) is 37.3 Å². The predicted octanol–water partition coefficient (Wildman–Crippen LogP) is 3.87. The number of H-pyrrole nitrogens is 1. The smallest absolute Gasteiger partial charge is 0.222 e. The average molecular weight is 377 g/mol. The molecule has 28 heavy (non-hydrogen) atoms. The lowest BCUT2D eigenvalue weighted by Gasteiger charge is -2.42. The van der Waals surface area contributed by atoms with Crippen molar-refractivity contribution in [1.29, 1.82) is 0 Å². The van der Waals surface area contributed by atoms with Gasteiger partial charge in [-0.3, -0.25) is 4.79 Å². The van der Waals surface area contributed by atoms with E-state index in [0.29, 0.717) is 18.4 Å². The van der Waals surface area contributed by atoms with E-state index < -0.39 is 0 Å².